The van der Waals surface area contributed by atoms with Gasteiger partial charge in [-0.05, 0) is 39.7 Å². The fourth-order valence-electron chi connectivity index (χ4n) is 1.60. The second kappa shape index (κ2) is 4.67. The number of nitrogens with zero attached hydrogens (tertiary/aromatic N) is 2. The number of hydrogen-bond acceptors (Lipinski definition) is 4. The lowest BCUT2D eigenvalue weighted by Crippen LogP contribution is -2.24. The summed E-state index contributed by atoms with van der Waals surface area (Å²) in [5.74, 6) is 1.35. The molecule has 0 unspecified atom stereocenters. The highest BCUT2D eigenvalue weighted by Gasteiger charge is 2.28. The first-order valence-corrected chi connectivity index (χ1v) is 6.39. The van der Waals surface area contributed by atoms with Crippen LogP contribution in [0.3, 0.4) is 0 Å². The molecule has 1 aromatic rings. The summed E-state index contributed by atoms with van der Waals surface area (Å²) < 4.78 is 11.9. The van der Waals surface area contributed by atoms with E-state index in [-0.39, 0.29) is 5.60 Å². The van der Waals surface area contributed by atoms with Crippen LogP contribution in [0.4, 0.5) is 5.69 Å². The van der Waals surface area contributed by atoms with Crippen molar-refractivity contribution >= 4 is 5.69 Å². The molecule has 1 aliphatic carbocycles. The third-order valence-electron chi connectivity index (χ3n) is 2.54. The van der Waals surface area contributed by atoms with E-state index in [0.29, 0.717) is 12.0 Å². The van der Waals surface area contributed by atoms with Gasteiger partial charge in [-0.1, -0.05) is 0 Å². The third-order valence-corrected chi connectivity index (χ3v) is 2.54. The second-order valence-electron chi connectivity index (χ2n) is 5.89. The van der Waals surface area contributed by atoms with Crippen LogP contribution in [0, 0.1) is 0 Å². The Kier molecular flexibility index (Phi) is 3.37. The Morgan fingerprint density at radius 3 is 2.44 bits per heavy atom. The minimum atomic E-state index is -0.278. The van der Waals surface area contributed by atoms with Gasteiger partial charge in [-0.25, -0.2) is 4.98 Å². The summed E-state index contributed by atoms with van der Waals surface area (Å²) in [5.41, 5.74) is 0.732. The van der Waals surface area contributed by atoms with E-state index in [2.05, 4.69) is 4.98 Å². The number of pyridine rings is 1. The monoisotopic (exact) mass is 250 g/mol. The smallest absolute Gasteiger partial charge is 0.259 e. The summed E-state index contributed by atoms with van der Waals surface area (Å²) in [7, 11) is 3.99. The molecule has 0 N–H and O–H groups in total. The maximum atomic E-state index is 5.97. The maximum absolute atomic E-state index is 5.97. The fraction of sp³-hybridized carbons (Fsp3) is 0.643. The molecule has 0 aromatic carbocycles. The standard InChI is InChI=1S/C14H22N2O2/c1-14(2,3)18-13-12(17-10-6-7-10)11(16(4)5)8-9-15-13/h8-10H,6-7H2,1-5H3. The first-order chi connectivity index (χ1) is 8.37. The van der Waals surface area contributed by atoms with Crippen LogP contribution in [0.25, 0.3) is 0 Å². The number of rotatable bonds is 4. The van der Waals surface area contributed by atoms with Gasteiger partial charge >= 0.3 is 0 Å². The molecule has 1 aliphatic rings. The zero-order valence-electron chi connectivity index (χ0n) is 11.9. The molecule has 0 radical (unpaired) electrons. The van der Waals surface area contributed by atoms with Crippen LogP contribution >= 0.6 is 0 Å². The minimum absolute atomic E-state index is 0.278. The van der Waals surface area contributed by atoms with Gasteiger partial charge in [-0.15, -0.1) is 0 Å². The lowest BCUT2D eigenvalue weighted by atomic mass is 10.2. The maximum Gasteiger partial charge on any atom is 0.259 e. The molecule has 0 aliphatic heterocycles. The largest absolute Gasteiger partial charge is 0.483 e. The predicted octanol–water partition coefficient (Wildman–Crippen LogP) is 2.87. The molecule has 2 rings (SSSR count). The lowest BCUT2D eigenvalue weighted by molar-refractivity contribution is 0.115. The van der Waals surface area contributed by atoms with Gasteiger partial charge in [0.15, 0.2) is 0 Å². The van der Waals surface area contributed by atoms with Crippen LogP contribution in [0.2, 0.25) is 0 Å². The molecule has 100 valence electrons. The molecule has 0 saturated heterocycles. The molecule has 4 nitrogen and oxygen atoms in total. The summed E-state index contributed by atoms with van der Waals surface area (Å²) in [5, 5.41) is 0. The number of ether oxygens (including phenoxy) is 2. The summed E-state index contributed by atoms with van der Waals surface area (Å²) in [6.45, 7) is 6.04. The summed E-state index contributed by atoms with van der Waals surface area (Å²) in [4.78, 5) is 6.34. The Bertz CT molecular complexity index is 420. The molecule has 1 aromatic heterocycles. The van der Waals surface area contributed by atoms with Crippen molar-refractivity contribution in [1.82, 2.24) is 4.98 Å². The molecule has 0 spiro atoms. The van der Waals surface area contributed by atoms with Crippen LogP contribution in [-0.4, -0.2) is 30.8 Å². The Morgan fingerprint density at radius 2 is 1.94 bits per heavy atom. The average Bonchev–Trinajstić information content (AvgIpc) is 3.01. The van der Waals surface area contributed by atoms with E-state index in [1.165, 1.54) is 0 Å². The van der Waals surface area contributed by atoms with Gasteiger partial charge < -0.3 is 14.4 Å². The topological polar surface area (TPSA) is 34.6 Å². The zero-order chi connectivity index (χ0) is 13.3. The highest BCUT2D eigenvalue weighted by molar-refractivity contribution is 5.61. The highest BCUT2D eigenvalue weighted by Crippen LogP contribution is 2.40. The predicted molar refractivity (Wildman–Crippen MR) is 72.6 cm³/mol. The lowest BCUT2D eigenvalue weighted by Gasteiger charge is -2.25. The molecule has 4 heteroatoms. The normalized spacial score (nSPS) is 15.4. The van der Waals surface area contributed by atoms with Crippen LogP contribution < -0.4 is 14.4 Å². The Balaban J connectivity index is 2.33. The zero-order valence-corrected chi connectivity index (χ0v) is 11.9. The van der Waals surface area contributed by atoms with E-state index in [4.69, 9.17) is 9.47 Å². The van der Waals surface area contributed by atoms with Gasteiger partial charge in [0.1, 0.15) is 5.60 Å². The molecule has 0 amide bonds. The molecule has 0 atom stereocenters. The van der Waals surface area contributed by atoms with Crippen LogP contribution in [0.1, 0.15) is 33.6 Å². The van der Waals surface area contributed by atoms with Crippen molar-refractivity contribution < 1.29 is 9.47 Å². The summed E-state index contributed by atoms with van der Waals surface area (Å²) >= 11 is 0. The van der Waals surface area contributed by atoms with Crippen LogP contribution in [0.15, 0.2) is 12.3 Å². The van der Waals surface area contributed by atoms with Crippen molar-refractivity contribution in [3.63, 3.8) is 0 Å². The van der Waals surface area contributed by atoms with E-state index in [0.717, 1.165) is 24.3 Å². The first-order valence-electron chi connectivity index (χ1n) is 6.39. The van der Waals surface area contributed by atoms with Gasteiger partial charge in [0, 0.05) is 20.3 Å². The molecule has 0 bridgehead atoms. The van der Waals surface area contributed by atoms with E-state index >= 15 is 0 Å². The molecular weight excluding hydrogens is 228 g/mol. The molecular formula is C14H22N2O2. The van der Waals surface area contributed by atoms with E-state index in [9.17, 15) is 0 Å². The van der Waals surface area contributed by atoms with Gasteiger partial charge in [-0.2, -0.15) is 0 Å². The quantitative estimate of drug-likeness (QED) is 0.823. The molecule has 1 heterocycles. The van der Waals surface area contributed by atoms with Crippen molar-refractivity contribution in [3.8, 4) is 11.6 Å². The Morgan fingerprint density at radius 1 is 1.28 bits per heavy atom. The minimum Gasteiger partial charge on any atom is -0.483 e. The Labute approximate surface area is 109 Å². The number of anilines is 1. The SMILES string of the molecule is CN(C)c1ccnc(OC(C)(C)C)c1OC1CC1. The van der Waals surface area contributed by atoms with E-state index in [1.54, 1.807) is 6.20 Å². The summed E-state index contributed by atoms with van der Waals surface area (Å²) in [6.07, 6.45) is 4.33. The number of hydrogen-bond donors (Lipinski definition) is 0. The van der Waals surface area contributed by atoms with Crippen molar-refractivity contribution in [1.29, 1.82) is 0 Å². The fourth-order valence-corrected chi connectivity index (χ4v) is 1.60. The third kappa shape index (κ3) is 3.28. The molecule has 1 fully saturated rings. The second-order valence-corrected chi connectivity index (χ2v) is 5.89. The van der Waals surface area contributed by atoms with Crippen molar-refractivity contribution in [3.05, 3.63) is 12.3 Å². The Hall–Kier alpha value is -1.45. The van der Waals surface area contributed by atoms with Gasteiger partial charge in [0.05, 0.1) is 11.8 Å². The van der Waals surface area contributed by atoms with Crippen molar-refractivity contribution in [2.75, 3.05) is 19.0 Å². The van der Waals surface area contributed by atoms with Gasteiger partial charge in [0.2, 0.25) is 5.75 Å². The van der Waals surface area contributed by atoms with Gasteiger partial charge in [-0.3, -0.25) is 0 Å². The molecule has 18 heavy (non-hydrogen) atoms. The van der Waals surface area contributed by atoms with E-state index < -0.39 is 0 Å². The van der Waals surface area contributed by atoms with Gasteiger partial charge in [0.25, 0.3) is 5.88 Å². The van der Waals surface area contributed by atoms with Crippen LogP contribution in [-0.2, 0) is 0 Å². The molecule has 1 saturated carbocycles. The average molecular weight is 250 g/mol. The van der Waals surface area contributed by atoms with E-state index in [1.807, 2.05) is 45.8 Å². The van der Waals surface area contributed by atoms with Crippen molar-refractivity contribution in [2.24, 2.45) is 0 Å². The summed E-state index contributed by atoms with van der Waals surface area (Å²) in [6, 6.07) is 1.95. The van der Waals surface area contributed by atoms with Crippen LogP contribution in [0.5, 0.6) is 11.6 Å². The number of aromatic nitrogens is 1. The van der Waals surface area contributed by atoms with Crippen molar-refractivity contribution in [2.45, 2.75) is 45.3 Å². The highest BCUT2D eigenvalue weighted by atomic mass is 16.5. The first kappa shape index (κ1) is 13.0.